The van der Waals surface area contributed by atoms with Gasteiger partial charge in [-0.05, 0) is 31.5 Å². The Balaban J connectivity index is 1.76. The Morgan fingerprint density at radius 3 is 2.64 bits per heavy atom. The highest BCUT2D eigenvalue weighted by molar-refractivity contribution is 5.77. The molecule has 0 aliphatic rings. The van der Waals surface area contributed by atoms with Crippen molar-refractivity contribution in [2.24, 2.45) is 0 Å². The van der Waals surface area contributed by atoms with Gasteiger partial charge in [-0.25, -0.2) is 4.98 Å². The van der Waals surface area contributed by atoms with Crippen LogP contribution in [0.4, 0.5) is 0 Å². The van der Waals surface area contributed by atoms with Crippen LogP contribution < -0.4 is 4.74 Å². The topological polar surface area (TPSA) is 47.3 Å². The van der Waals surface area contributed by atoms with Gasteiger partial charge in [0.25, 0.3) is 0 Å². The van der Waals surface area contributed by atoms with Crippen LogP contribution in [-0.4, -0.2) is 20.3 Å². The molecule has 3 aromatic rings. The summed E-state index contributed by atoms with van der Waals surface area (Å²) >= 11 is 0. The van der Waals surface area contributed by atoms with Gasteiger partial charge in [-0.2, -0.15) is 0 Å². The zero-order chi connectivity index (χ0) is 15.6. The standard InChI is InChI=1S/C18H20N2O2/c1-18(2,21)12-20-13-19-16-10-15(8-9-17(16)20)22-11-14-6-4-3-5-7-14/h3-10,13,21H,11-12H2,1-2H3. The van der Waals surface area contributed by atoms with E-state index in [-0.39, 0.29) is 0 Å². The van der Waals surface area contributed by atoms with Crippen molar-refractivity contribution in [2.45, 2.75) is 32.6 Å². The number of imidazole rings is 1. The predicted molar refractivity (Wildman–Crippen MR) is 86.8 cm³/mol. The van der Waals surface area contributed by atoms with Crippen LogP contribution in [-0.2, 0) is 13.2 Å². The number of rotatable bonds is 5. The molecule has 4 nitrogen and oxygen atoms in total. The van der Waals surface area contributed by atoms with Gasteiger partial charge in [0.05, 0.1) is 29.5 Å². The molecule has 4 heteroatoms. The highest BCUT2D eigenvalue weighted by atomic mass is 16.5. The fourth-order valence-electron chi connectivity index (χ4n) is 2.42. The second-order valence-corrected chi connectivity index (χ2v) is 6.11. The van der Waals surface area contributed by atoms with Crippen molar-refractivity contribution in [1.82, 2.24) is 9.55 Å². The Hall–Kier alpha value is -2.33. The van der Waals surface area contributed by atoms with Gasteiger partial charge in [-0.3, -0.25) is 0 Å². The summed E-state index contributed by atoms with van der Waals surface area (Å²) in [6.45, 7) is 4.62. The lowest BCUT2D eigenvalue weighted by atomic mass is 10.1. The minimum atomic E-state index is -0.768. The normalized spacial score (nSPS) is 11.8. The summed E-state index contributed by atoms with van der Waals surface area (Å²) in [6, 6.07) is 15.9. The summed E-state index contributed by atoms with van der Waals surface area (Å²) in [5.74, 6) is 0.796. The summed E-state index contributed by atoms with van der Waals surface area (Å²) in [5, 5.41) is 9.94. The van der Waals surface area contributed by atoms with E-state index in [4.69, 9.17) is 4.74 Å². The molecule has 0 amide bonds. The molecule has 0 bridgehead atoms. The molecule has 0 aliphatic carbocycles. The molecule has 0 saturated carbocycles. The minimum absolute atomic E-state index is 0.508. The quantitative estimate of drug-likeness (QED) is 0.785. The van der Waals surface area contributed by atoms with Crippen molar-refractivity contribution < 1.29 is 9.84 Å². The molecule has 0 aliphatic heterocycles. The molecular formula is C18H20N2O2. The zero-order valence-corrected chi connectivity index (χ0v) is 12.9. The maximum absolute atomic E-state index is 9.94. The van der Waals surface area contributed by atoms with Crippen LogP contribution in [0.2, 0.25) is 0 Å². The average Bonchev–Trinajstić information content (AvgIpc) is 2.87. The van der Waals surface area contributed by atoms with Crippen LogP contribution in [0.25, 0.3) is 11.0 Å². The average molecular weight is 296 g/mol. The molecule has 0 unspecified atom stereocenters. The molecule has 0 fully saturated rings. The van der Waals surface area contributed by atoms with E-state index in [2.05, 4.69) is 4.98 Å². The van der Waals surface area contributed by atoms with E-state index in [0.717, 1.165) is 22.3 Å². The molecule has 0 spiro atoms. The molecule has 2 aromatic carbocycles. The van der Waals surface area contributed by atoms with Gasteiger partial charge in [0.1, 0.15) is 12.4 Å². The fourth-order valence-corrected chi connectivity index (χ4v) is 2.42. The lowest BCUT2D eigenvalue weighted by molar-refractivity contribution is 0.0627. The molecule has 3 rings (SSSR count). The second-order valence-electron chi connectivity index (χ2n) is 6.11. The van der Waals surface area contributed by atoms with Crippen molar-refractivity contribution in [2.75, 3.05) is 0 Å². The van der Waals surface area contributed by atoms with Gasteiger partial charge in [0, 0.05) is 6.07 Å². The van der Waals surface area contributed by atoms with Crippen molar-refractivity contribution in [3.8, 4) is 5.75 Å². The van der Waals surface area contributed by atoms with Crippen molar-refractivity contribution in [1.29, 1.82) is 0 Å². The summed E-state index contributed by atoms with van der Waals surface area (Å²) in [4.78, 5) is 4.39. The highest BCUT2D eigenvalue weighted by Crippen LogP contribution is 2.22. The van der Waals surface area contributed by atoms with Crippen LogP contribution in [0, 0.1) is 0 Å². The summed E-state index contributed by atoms with van der Waals surface area (Å²) in [6.07, 6.45) is 1.75. The molecular weight excluding hydrogens is 276 g/mol. The summed E-state index contributed by atoms with van der Waals surface area (Å²) in [5.41, 5.74) is 2.23. The van der Waals surface area contributed by atoms with E-state index in [1.165, 1.54) is 0 Å². The first-order chi connectivity index (χ1) is 10.5. The van der Waals surface area contributed by atoms with Crippen molar-refractivity contribution >= 4 is 11.0 Å². The van der Waals surface area contributed by atoms with Crippen LogP contribution in [0.1, 0.15) is 19.4 Å². The number of nitrogens with zero attached hydrogens (tertiary/aromatic N) is 2. The molecule has 0 saturated heterocycles. The van der Waals surface area contributed by atoms with E-state index < -0.39 is 5.60 Å². The molecule has 114 valence electrons. The lowest BCUT2D eigenvalue weighted by Gasteiger charge is -2.18. The number of fused-ring (bicyclic) bond motifs is 1. The zero-order valence-electron chi connectivity index (χ0n) is 12.9. The van der Waals surface area contributed by atoms with Crippen LogP contribution in [0.3, 0.4) is 0 Å². The SMILES string of the molecule is CC(C)(O)Cn1cnc2cc(OCc3ccccc3)ccc21. The molecule has 1 heterocycles. The third-order valence-electron chi connectivity index (χ3n) is 3.40. The molecule has 0 radical (unpaired) electrons. The summed E-state index contributed by atoms with van der Waals surface area (Å²) in [7, 11) is 0. The second kappa shape index (κ2) is 5.81. The fraction of sp³-hybridized carbons (Fsp3) is 0.278. The van der Waals surface area contributed by atoms with E-state index in [9.17, 15) is 5.11 Å². The first kappa shape index (κ1) is 14.6. The van der Waals surface area contributed by atoms with Crippen LogP contribution in [0.15, 0.2) is 54.9 Å². The van der Waals surface area contributed by atoms with Gasteiger partial charge in [-0.15, -0.1) is 0 Å². The predicted octanol–water partition coefficient (Wildman–Crippen LogP) is 3.39. The van der Waals surface area contributed by atoms with Gasteiger partial charge < -0.3 is 14.4 Å². The van der Waals surface area contributed by atoms with Gasteiger partial charge in [-0.1, -0.05) is 30.3 Å². The van der Waals surface area contributed by atoms with Crippen molar-refractivity contribution in [3.63, 3.8) is 0 Å². The van der Waals surface area contributed by atoms with Crippen LogP contribution >= 0.6 is 0 Å². The first-order valence-corrected chi connectivity index (χ1v) is 7.35. The monoisotopic (exact) mass is 296 g/mol. The highest BCUT2D eigenvalue weighted by Gasteiger charge is 2.15. The Bertz CT molecular complexity index is 758. The van der Waals surface area contributed by atoms with Gasteiger partial charge in [0.15, 0.2) is 0 Å². The number of hydrogen-bond acceptors (Lipinski definition) is 3. The van der Waals surface area contributed by atoms with Gasteiger partial charge >= 0.3 is 0 Å². The number of hydrogen-bond donors (Lipinski definition) is 1. The van der Waals surface area contributed by atoms with Crippen molar-refractivity contribution in [3.05, 3.63) is 60.4 Å². The van der Waals surface area contributed by atoms with Gasteiger partial charge in [0.2, 0.25) is 0 Å². The van der Waals surface area contributed by atoms with E-state index in [0.29, 0.717) is 13.2 Å². The van der Waals surface area contributed by atoms with E-state index in [1.807, 2.05) is 53.1 Å². The maximum Gasteiger partial charge on any atom is 0.122 e. The smallest absolute Gasteiger partial charge is 0.122 e. The third-order valence-corrected chi connectivity index (χ3v) is 3.40. The van der Waals surface area contributed by atoms with E-state index in [1.54, 1.807) is 20.2 Å². The molecule has 22 heavy (non-hydrogen) atoms. The number of aromatic nitrogens is 2. The largest absolute Gasteiger partial charge is 0.489 e. The Kier molecular flexibility index (Phi) is 3.86. The molecule has 0 atom stereocenters. The molecule has 1 aromatic heterocycles. The Morgan fingerprint density at radius 2 is 1.91 bits per heavy atom. The summed E-state index contributed by atoms with van der Waals surface area (Å²) < 4.78 is 7.77. The number of benzene rings is 2. The lowest BCUT2D eigenvalue weighted by Crippen LogP contribution is -2.25. The van der Waals surface area contributed by atoms with E-state index >= 15 is 0 Å². The first-order valence-electron chi connectivity index (χ1n) is 7.35. The Morgan fingerprint density at radius 1 is 1.14 bits per heavy atom. The minimum Gasteiger partial charge on any atom is -0.489 e. The molecule has 1 N–H and O–H groups in total. The third kappa shape index (κ3) is 3.46. The van der Waals surface area contributed by atoms with Crippen LogP contribution in [0.5, 0.6) is 5.75 Å². The Labute approximate surface area is 130 Å². The maximum atomic E-state index is 9.94. The number of ether oxygens (including phenoxy) is 1. The number of aliphatic hydroxyl groups is 1.